The normalized spacial score (nSPS) is 10.3. The first-order valence-corrected chi connectivity index (χ1v) is 5.59. The zero-order valence-corrected chi connectivity index (χ0v) is 9.67. The van der Waals surface area contributed by atoms with Gasteiger partial charge in [-0.15, -0.1) is 0 Å². The highest BCUT2D eigenvalue weighted by molar-refractivity contribution is 5.59. The maximum Gasteiger partial charge on any atom is 0.223 e. The zero-order valence-electron chi connectivity index (χ0n) is 9.67. The van der Waals surface area contributed by atoms with E-state index in [-0.39, 0.29) is 6.61 Å². The van der Waals surface area contributed by atoms with Gasteiger partial charge in [0, 0.05) is 37.2 Å². The molecule has 0 aliphatic heterocycles. The largest absolute Gasteiger partial charge is 0.396 e. The molecule has 6 heteroatoms. The van der Waals surface area contributed by atoms with E-state index >= 15 is 0 Å². The van der Waals surface area contributed by atoms with E-state index in [1.165, 1.54) is 12.3 Å². The summed E-state index contributed by atoms with van der Waals surface area (Å²) >= 11 is 0. The zero-order chi connectivity index (χ0) is 12.8. The van der Waals surface area contributed by atoms with Gasteiger partial charge >= 0.3 is 0 Å². The Morgan fingerprint density at radius 2 is 2.06 bits per heavy atom. The molecule has 2 rings (SSSR count). The summed E-state index contributed by atoms with van der Waals surface area (Å²) < 4.78 is 13.0. The van der Waals surface area contributed by atoms with Gasteiger partial charge in [0.25, 0.3) is 0 Å². The molecule has 18 heavy (non-hydrogen) atoms. The van der Waals surface area contributed by atoms with Gasteiger partial charge in [-0.3, -0.25) is 0 Å². The van der Waals surface area contributed by atoms with Crippen LogP contribution in [0, 0.1) is 5.95 Å². The van der Waals surface area contributed by atoms with Crippen molar-refractivity contribution in [2.75, 3.05) is 18.5 Å². The van der Waals surface area contributed by atoms with Crippen LogP contribution in [-0.2, 0) is 0 Å². The van der Waals surface area contributed by atoms with Crippen molar-refractivity contribution in [3.63, 3.8) is 0 Å². The second-order valence-electron chi connectivity index (χ2n) is 3.64. The third-order valence-electron chi connectivity index (χ3n) is 2.30. The molecule has 0 unspecified atom stereocenters. The van der Waals surface area contributed by atoms with Crippen LogP contribution in [0.4, 0.5) is 10.3 Å². The molecule has 0 saturated carbocycles. The van der Waals surface area contributed by atoms with Crippen molar-refractivity contribution in [2.45, 2.75) is 6.42 Å². The van der Waals surface area contributed by atoms with E-state index in [0.29, 0.717) is 30.2 Å². The number of pyridine rings is 1. The fourth-order valence-electron chi connectivity index (χ4n) is 1.45. The van der Waals surface area contributed by atoms with Crippen molar-refractivity contribution in [1.82, 2.24) is 15.0 Å². The van der Waals surface area contributed by atoms with Gasteiger partial charge in [-0.25, -0.2) is 15.0 Å². The summed E-state index contributed by atoms with van der Waals surface area (Å²) in [5, 5.41) is 11.7. The van der Waals surface area contributed by atoms with Crippen LogP contribution >= 0.6 is 0 Å². The fourth-order valence-corrected chi connectivity index (χ4v) is 1.45. The molecule has 0 amide bonds. The van der Waals surface area contributed by atoms with Gasteiger partial charge in [-0.1, -0.05) is 0 Å². The van der Waals surface area contributed by atoms with Crippen LogP contribution in [0.5, 0.6) is 0 Å². The predicted molar refractivity (Wildman–Crippen MR) is 65.4 cm³/mol. The Labute approximate surface area is 104 Å². The van der Waals surface area contributed by atoms with Crippen molar-refractivity contribution in [2.24, 2.45) is 0 Å². The van der Waals surface area contributed by atoms with Crippen LogP contribution in [0.15, 0.2) is 30.6 Å². The highest BCUT2D eigenvalue weighted by Gasteiger charge is 2.03. The van der Waals surface area contributed by atoms with Crippen LogP contribution < -0.4 is 5.32 Å². The minimum atomic E-state index is -0.541. The lowest BCUT2D eigenvalue weighted by molar-refractivity contribution is 0.292. The van der Waals surface area contributed by atoms with Gasteiger partial charge in [-0.05, 0) is 18.6 Å². The van der Waals surface area contributed by atoms with Crippen molar-refractivity contribution in [1.29, 1.82) is 0 Å². The van der Waals surface area contributed by atoms with Gasteiger partial charge in [-0.2, -0.15) is 4.39 Å². The molecular formula is C12H13FN4O. The minimum absolute atomic E-state index is 0.113. The third kappa shape index (κ3) is 3.21. The Kier molecular flexibility index (Phi) is 4.14. The molecule has 5 nitrogen and oxygen atoms in total. The third-order valence-corrected chi connectivity index (χ3v) is 2.30. The summed E-state index contributed by atoms with van der Waals surface area (Å²) in [6.07, 6.45) is 3.62. The Morgan fingerprint density at radius 3 is 2.83 bits per heavy atom. The van der Waals surface area contributed by atoms with Crippen LogP contribution in [0.1, 0.15) is 6.42 Å². The van der Waals surface area contributed by atoms with E-state index in [1.807, 2.05) is 0 Å². The average molecular weight is 248 g/mol. The van der Waals surface area contributed by atoms with E-state index < -0.39 is 5.95 Å². The van der Waals surface area contributed by atoms with Gasteiger partial charge in [0.1, 0.15) is 0 Å². The van der Waals surface area contributed by atoms with Crippen molar-refractivity contribution >= 4 is 5.95 Å². The van der Waals surface area contributed by atoms with Gasteiger partial charge < -0.3 is 10.4 Å². The highest BCUT2D eigenvalue weighted by atomic mass is 19.1. The van der Waals surface area contributed by atoms with E-state index in [0.717, 1.165) is 0 Å². The molecule has 2 N–H and O–H groups in total. The minimum Gasteiger partial charge on any atom is -0.396 e. The summed E-state index contributed by atoms with van der Waals surface area (Å²) in [6.45, 7) is 0.701. The van der Waals surface area contributed by atoms with Gasteiger partial charge in [0.2, 0.25) is 11.9 Å². The quantitative estimate of drug-likeness (QED) is 0.619. The molecular weight excluding hydrogens is 235 g/mol. The maximum absolute atomic E-state index is 13.0. The monoisotopic (exact) mass is 248 g/mol. The van der Waals surface area contributed by atoms with E-state index in [9.17, 15) is 4.39 Å². The summed E-state index contributed by atoms with van der Waals surface area (Å²) in [7, 11) is 0. The van der Waals surface area contributed by atoms with Crippen LogP contribution in [0.2, 0.25) is 0 Å². The van der Waals surface area contributed by atoms with Crippen molar-refractivity contribution in [3.8, 4) is 11.3 Å². The molecule has 0 spiro atoms. The lowest BCUT2D eigenvalue weighted by atomic mass is 10.2. The number of aromatic nitrogens is 3. The SMILES string of the molecule is OCCCNc1nccc(-c2ccnc(F)c2)n1. The number of aliphatic hydroxyl groups excluding tert-OH is 1. The lowest BCUT2D eigenvalue weighted by Crippen LogP contribution is -2.07. The Morgan fingerprint density at radius 1 is 1.22 bits per heavy atom. The van der Waals surface area contributed by atoms with Crippen LogP contribution in [0.25, 0.3) is 11.3 Å². The number of aliphatic hydroxyl groups is 1. The first-order chi connectivity index (χ1) is 8.79. The number of rotatable bonds is 5. The summed E-state index contributed by atoms with van der Waals surface area (Å²) in [5.41, 5.74) is 1.27. The van der Waals surface area contributed by atoms with Gasteiger partial charge in [0.05, 0.1) is 5.69 Å². The summed E-state index contributed by atoms with van der Waals surface area (Å²) in [6, 6.07) is 4.70. The number of hydrogen-bond acceptors (Lipinski definition) is 5. The maximum atomic E-state index is 13.0. The lowest BCUT2D eigenvalue weighted by Gasteiger charge is -2.05. The molecule has 0 saturated heterocycles. The number of anilines is 1. The van der Waals surface area contributed by atoms with Crippen molar-refractivity contribution in [3.05, 3.63) is 36.5 Å². The molecule has 0 aromatic carbocycles. The first kappa shape index (κ1) is 12.4. The predicted octanol–water partition coefficient (Wildman–Crippen LogP) is 1.47. The molecule has 0 aliphatic carbocycles. The Bertz CT molecular complexity index is 521. The summed E-state index contributed by atoms with van der Waals surface area (Å²) in [5.74, 6) is -0.0842. The molecule has 0 aliphatic rings. The first-order valence-electron chi connectivity index (χ1n) is 5.59. The van der Waals surface area contributed by atoms with Crippen LogP contribution in [0.3, 0.4) is 0 Å². The number of nitrogens with zero attached hydrogens (tertiary/aromatic N) is 3. The molecule has 0 atom stereocenters. The van der Waals surface area contributed by atoms with E-state index in [4.69, 9.17) is 5.11 Å². The molecule has 0 bridgehead atoms. The number of halogens is 1. The van der Waals surface area contributed by atoms with Crippen LogP contribution in [-0.4, -0.2) is 33.2 Å². The molecule has 94 valence electrons. The fraction of sp³-hybridized carbons (Fsp3) is 0.250. The standard InChI is InChI=1S/C12H13FN4O/c13-11-8-9(2-5-14-11)10-3-6-16-12(17-10)15-4-1-7-18/h2-3,5-6,8,18H,1,4,7H2,(H,15,16,17). The van der Waals surface area contributed by atoms with Crippen molar-refractivity contribution < 1.29 is 9.50 Å². The molecule has 2 heterocycles. The molecule has 2 aromatic heterocycles. The van der Waals surface area contributed by atoms with Gasteiger partial charge in [0.15, 0.2) is 0 Å². The average Bonchev–Trinajstić information content (AvgIpc) is 2.39. The molecule has 0 fully saturated rings. The molecule has 0 radical (unpaired) electrons. The number of nitrogens with one attached hydrogen (secondary N) is 1. The van der Waals surface area contributed by atoms with E-state index in [1.54, 1.807) is 18.3 Å². The highest BCUT2D eigenvalue weighted by Crippen LogP contribution is 2.17. The topological polar surface area (TPSA) is 70.9 Å². The second-order valence-corrected chi connectivity index (χ2v) is 3.64. The summed E-state index contributed by atoms with van der Waals surface area (Å²) in [4.78, 5) is 11.8. The van der Waals surface area contributed by atoms with E-state index in [2.05, 4.69) is 20.3 Å². The Hall–Kier alpha value is -2.08. The second kappa shape index (κ2) is 6.02. The Balaban J connectivity index is 2.16. The number of hydrogen-bond donors (Lipinski definition) is 2. The molecule has 2 aromatic rings. The smallest absolute Gasteiger partial charge is 0.223 e.